The van der Waals surface area contributed by atoms with Gasteiger partial charge >= 0.3 is 0 Å². The number of carbonyl (C=O) groups is 2. The lowest BCUT2D eigenvalue weighted by atomic mass is 9.95. The maximum absolute atomic E-state index is 13.3. The topological polar surface area (TPSA) is 76.1 Å². The molecule has 0 radical (unpaired) electrons. The van der Waals surface area contributed by atoms with Crippen molar-refractivity contribution in [3.05, 3.63) is 94.5 Å². The summed E-state index contributed by atoms with van der Waals surface area (Å²) in [5, 5.41) is 11.5. The molecule has 3 aromatic rings. The summed E-state index contributed by atoms with van der Waals surface area (Å²) in [7, 11) is 1.49. The Kier molecular flexibility index (Phi) is 6.61. The van der Waals surface area contributed by atoms with Crippen molar-refractivity contribution >= 4 is 34.7 Å². The minimum absolute atomic E-state index is 0.00277. The quantitative estimate of drug-likeness (QED) is 0.277. The molecule has 1 unspecified atom stereocenters. The number of ether oxygens (including phenoxy) is 2. The van der Waals surface area contributed by atoms with E-state index in [1.54, 1.807) is 48.5 Å². The summed E-state index contributed by atoms with van der Waals surface area (Å²) in [6.07, 6.45) is -0.00277. The summed E-state index contributed by atoms with van der Waals surface area (Å²) in [6, 6.07) is 19.9. The molecule has 1 aliphatic heterocycles. The Hall–Kier alpha value is -3.77. The van der Waals surface area contributed by atoms with Crippen LogP contribution in [0.1, 0.15) is 31.0 Å². The van der Waals surface area contributed by atoms with Gasteiger partial charge in [0.2, 0.25) is 0 Å². The molecule has 0 aliphatic carbocycles. The van der Waals surface area contributed by atoms with Crippen molar-refractivity contribution in [2.75, 3.05) is 12.0 Å². The van der Waals surface area contributed by atoms with Crippen molar-refractivity contribution in [2.45, 2.75) is 26.0 Å². The van der Waals surface area contributed by atoms with Crippen LogP contribution in [0.5, 0.6) is 11.5 Å². The van der Waals surface area contributed by atoms with Crippen LogP contribution in [0.4, 0.5) is 5.69 Å². The molecule has 0 saturated carbocycles. The standard InChI is InChI=1S/C27H24ClNO5/c1-16(2)34-19-11-9-18(10-12-19)29-24(17-7-5-4-6-8-17)23(26(31)27(29)32)25(30)21-15-20(33-3)13-14-22(21)28/h4-16,24,30H,1-3H3/b25-23+. The summed E-state index contributed by atoms with van der Waals surface area (Å²) in [5.74, 6) is -0.801. The summed E-state index contributed by atoms with van der Waals surface area (Å²) < 4.78 is 10.9. The Morgan fingerprint density at radius 2 is 1.62 bits per heavy atom. The molecule has 1 N–H and O–H groups in total. The van der Waals surface area contributed by atoms with Crippen LogP contribution in [0, 0.1) is 0 Å². The van der Waals surface area contributed by atoms with E-state index in [0.717, 1.165) is 0 Å². The monoisotopic (exact) mass is 477 g/mol. The second-order valence-electron chi connectivity index (χ2n) is 8.09. The molecule has 3 aromatic carbocycles. The van der Waals surface area contributed by atoms with Crippen LogP contribution in [0.2, 0.25) is 5.02 Å². The van der Waals surface area contributed by atoms with Gasteiger partial charge in [0, 0.05) is 11.3 Å². The lowest BCUT2D eigenvalue weighted by molar-refractivity contribution is -0.132. The predicted octanol–water partition coefficient (Wildman–Crippen LogP) is 5.76. The molecule has 1 aliphatic rings. The summed E-state index contributed by atoms with van der Waals surface area (Å²) in [4.78, 5) is 27.9. The molecule has 1 saturated heterocycles. The number of aliphatic hydroxyl groups excluding tert-OH is 1. The number of hydrogen-bond acceptors (Lipinski definition) is 5. The molecule has 1 heterocycles. The molecule has 1 amide bonds. The summed E-state index contributed by atoms with van der Waals surface area (Å²) >= 11 is 6.34. The van der Waals surface area contributed by atoms with Crippen molar-refractivity contribution in [1.82, 2.24) is 0 Å². The number of aliphatic hydroxyl groups is 1. The maximum atomic E-state index is 13.3. The third-order valence-electron chi connectivity index (χ3n) is 5.48. The summed E-state index contributed by atoms with van der Waals surface area (Å²) in [5.41, 5.74) is 1.34. The smallest absolute Gasteiger partial charge is 0.300 e. The van der Waals surface area contributed by atoms with Crippen LogP contribution in [0.3, 0.4) is 0 Å². The van der Waals surface area contributed by atoms with Gasteiger partial charge in [0.15, 0.2) is 0 Å². The molecule has 34 heavy (non-hydrogen) atoms. The highest BCUT2D eigenvalue weighted by Gasteiger charge is 2.47. The van der Waals surface area contributed by atoms with Gasteiger partial charge in [-0.15, -0.1) is 0 Å². The number of halogens is 1. The minimum atomic E-state index is -0.847. The largest absolute Gasteiger partial charge is 0.507 e. The fourth-order valence-electron chi connectivity index (χ4n) is 3.96. The highest BCUT2D eigenvalue weighted by Crippen LogP contribution is 2.43. The Labute approximate surface area is 203 Å². The zero-order chi connectivity index (χ0) is 24.4. The number of hydrogen-bond donors (Lipinski definition) is 1. The lowest BCUT2D eigenvalue weighted by Gasteiger charge is -2.25. The SMILES string of the molecule is COc1ccc(Cl)c(/C(O)=C2\C(=O)C(=O)N(c3ccc(OC(C)C)cc3)C2c2ccccc2)c1. The molecular weight excluding hydrogens is 454 g/mol. The van der Waals surface area contributed by atoms with E-state index in [1.165, 1.54) is 18.1 Å². The van der Waals surface area contributed by atoms with Gasteiger partial charge in [-0.25, -0.2) is 0 Å². The van der Waals surface area contributed by atoms with E-state index in [4.69, 9.17) is 21.1 Å². The highest BCUT2D eigenvalue weighted by atomic mass is 35.5. The van der Waals surface area contributed by atoms with E-state index < -0.39 is 17.7 Å². The van der Waals surface area contributed by atoms with Crippen LogP contribution < -0.4 is 14.4 Å². The van der Waals surface area contributed by atoms with E-state index in [-0.39, 0.29) is 28.0 Å². The number of benzene rings is 3. The molecule has 0 spiro atoms. The molecule has 0 bridgehead atoms. The molecule has 0 aromatic heterocycles. The normalized spacial score (nSPS) is 17.3. The van der Waals surface area contributed by atoms with Gasteiger partial charge in [-0.3, -0.25) is 14.5 Å². The number of carbonyl (C=O) groups excluding carboxylic acids is 2. The predicted molar refractivity (Wildman–Crippen MR) is 131 cm³/mol. The van der Waals surface area contributed by atoms with Gasteiger partial charge in [0.25, 0.3) is 11.7 Å². The van der Waals surface area contributed by atoms with Crippen LogP contribution >= 0.6 is 11.6 Å². The van der Waals surface area contributed by atoms with Crippen LogP contribution in [0.25, 0.3) is 5.76 Å². The molecule has 6 nitrogen and oxygen atoms in total. The van der Waals surface area contributed by atoms with Crippen LogP contribution in [0.15, 0.2) is 78.4 Å². The lowest BCUT2D eigenvalue weighted by Crippen LogP contribution is -2.29. The molecule has 1 atom stereocenters. The number of ketones is 1. The van der Waals surface area contributed by atoms with Gasteiger partial charge in [0.05, 0.1) is 29.9 Å². The Morgan fingerprint density at radius 1 is 0.971 bits per heavy atom. The van der Waals surface area contributed by atoms with Crippen molar-refractivity contribution in [1.29, 1.82) is 0 Å². The second-order valence-corrected chi connectivity index (χ2v) is 8.49. The van der Waals surface area contributed by atoms with Gasteiger partial charge in [-0.05, 0) is 61.9 Å². The van der Waals surface area contributed by atoms with Crippen LogP contribution in [-0.2, 0) is 9.59 Å². The second kappa shape index (κ2) is 9.61. The van der Waals surface area contributed by atoms with E-state index in [1.807, 2.05) is 32.0 Å². The van der Waals surface area contributed by atoms with Crippen molar-refractivity contribution < 1.29 is 24.2 Å². The molecule has 4 rings (SSSR count). The van der Waals surface area contributed by atoms with Crippen molar-refractivity contribution in [3.63, 3.8) is 0 Å². The van der Waals surface area contributed by atoms with Crippen LogP contribution in [-0.4, -0.2) is 30.0 Å². The van der Waals surface area contributed by atoms with Crippen molar-refractivity contribution in [2.24, 2.45) is 0 Å². The number of nitrogens with zero attached hydrogens (tertiary/aromatic N) is 1. The van der Waals surface area contributed by atoms with E-state index in [9.17, 15) is 14.7 Å². The zero-order valence-corrected chi connectivity index (χ0v) is 19.7. The van der Waals surface area contributed by atoms with E-state index in [0.29, 0.717) is 22.7 Å². The van der Waals surface area contributed by atoms with Gasteiger partial charge in [-0.2, -0.15) is 0 Å². The fourth-order valence-corrected chi connectivity index (χ4v) is 4.17. The number of Topliss-reactive ketones (excluding diaryl/α,β-unsaturated/α-hetero) is 1. The zero-order valence-electron chi connectivity index (χ0n) is 19.0. The average molecular weight is 478 g/mol. The highest BCUT2D eigenvalue weighted by molar-refractivity contribution is 6.52. The van der Waals surface area contributed by atoms with Gasteiger partial charge in [-0.1, -0.05) is 41.9 Å². The van der Waals surface area contributed by atoms with E-state index >= 15 is 0 Å². The number of amides is 1. The van der Waals surface area contributed by atoms with Gasteiger partial charge < -0.3 is 14.6 Å². The first-order chi connectivity index (χ1) is 16.3. The molecule has 7 heteroatoms. The third kappa shape index (κ3) is 4.37. The number of anilines is 1. The molecule has 174 valence electrons. The number of methoxy groups -OCH3 is 1. The molecule has 1 fully saturated rings. The Balaban J connectivity index is 1.88. The van der Waals surface area contributed by atoms with Gasteiger partial charge in [0.1, 0.15) is 17.3 Å². The average Bonchev–Trinajstić information content (AvgIpc) is 3.10. The first-order valence-corrected chi connectivity index (χ1v) is 11.2. The van der Waals surface area contributed by atoms with E-state index in [2.05, 4.69) is 0 Å². The Morgan fingerprint density at radius 3 is 2.24 bits per heavy atom. The Bertz CT molecular complexity index is 1250. The number of rotatable bonds is 6. The third-order valence-corrected chi connectivity index (χ3v) is 5.80. The molecular formula is C27H24ClNO5. The fraction of sp³-hybridized carbons (Fsp3) is 0.185. The first kappa shape index (κ1) is 23.4. The summed E-state index contributed by atoms with van der Waals surface area (Å²) in [6.45, 7) is 3.84. The minimum Gasteiger partial charge on any atom is -0.507 e. The maximum Gasteiger partial charge on any atom is 0.300 e. The van der Waals surface area contributed by atoms with Crippen molar-refractivity contribution in [3.8, 4) is 11.5 Å². The first-order valence-electron chi connectivity index (χ1n) is 10.8.